The number of hydrogen-bond donors (Lipinski definition) is 2. The van der Waals surface area contributed by atoms with Gasteiger partial charge in [-0.2, -0.15) is 0 Å². The van der Waals surface area contributed by atoms with E-state index >= 15 is 0 Å². The fraction of sp³-hybridized carbons (Fsp3) is 0.276. The van der Waals surface area contributed by atoms with Gasteiger partial charge in [0.2, 0.25) is 0 Å². The standard InChI is InChI=1S/C29H32N2O3/c1-29(2,3)21-10-8-20(9-11-21)28-25-16-22(30)12-13-26(25)31-27(28)17-24(34-18-32)15-19-6-5-7-23(14-19)33-4/h5-14,16,18,24,31H,15,17,30H2,1-4H3. The van der Waals surface area contributed by atoms with Crippen LogP contribution >= 0.6 is 0 Å². The number of aromatic amines is 1. The zero-order chi connectivity index (χ0) is 24.3. The third-order valence-electron chi connectivity index (χ3n) is 6.22. The number of fused-ring (bicyclic) bond motifs is 1. The molecule has 0 radical (unpaired) electrons. The van der Waals surface area contributed by atoms with Crippen molar-refractivity contribution < 1.29 is 14.3 Å². The molecule has 1 atom stereocenters. The molecule has 4 aromatic rings. The van der Waals surface area contributed by atoms with Crippen molar-refractivity contribution in [1.29, 1.82) is 0 Å². The third-order valence-corrected chi connectivity index (χ3v) is 6.22. The molecular weight excluding hydrogens is 424 g/mol. The first-order valence-electron chi connectivity index (χ1n) is 11.5. The molecule has 5 nitrogen and oxygen atoms in total. The van der Waals surface area contributed by atoms with Gasteiger partial charge in [0.25, 0.3) is 6.47 Å². The van der Waals surface area contributed by atoms with E-state index < -0.39 is 0 Å². The maximum atomic E-state index is 11.3. The Kier molecular flexibility index (Phi) is 6.64. The van der Waals surface area contributed by atoms with Gasteiger partial charge in [-0.25, -0.2) is 0 Å². The fourth-order valence-electron chi connectivity index (χ4n) is 4.42. The van der Waals surface area contributed by atoms with Crippen molar-refractivity contribution in [2.24, 2.45) is 0 Å². The number of nitrogens with two attached hydrogens (primary N) is 1. The van der Waals surface area contributed by atoms with Crippen molar-refractivity contribution in [2.75, 3.05) is 12.8 Å². The van der Waals surface area contributed by atoms with E-state index in [0.717, 1.165) is 39.0 Å². The quantitative estimate of drug-likeness (QED) is 0.250. The van der Waals surface area contributed by atoms with E-state index in [1.54, 1.807) is 7.11 Å². The lowest BCUT2D eigenvalue weighted by molar-refractivity contribution is -0.133. The van der Waals surface area contributed by atoms with E-state index in [-0.39, 0.29) is 11.5 Å². The molecule has 5 heteroatoms. The predicted octanol–water partition coefficient (Wildman–Crippen LogP) is 6.05. The number of rotatable bonds is 8. The van der Waals surface area contributed by atoms with Crippen molar-refractivity contribution in [3.05, 3.63) is 83.6 Å². The van der Waals surface area contributed by atoms with E-state index in [4.69, 9.17) is 15.2 Å². The second-order valence-electron chi connectivity index (χ2n) is 9.73. The second kappa shape index (κ2) is 9.64. The summed E-state index contributed by atoms with van der Waals surface area (Å²) in [6, 6.07) is 22.4. The highest BCUT2D eigenvalue weighted by Gasteiger charge is 2.21. The number of carbonyl (C=O) groups is 1. The van der Waals surface area contributed by atoms with Crippen molar-refractivity contribution in [1.82, 2.24) is 4.98 Å². The summed E-state index contributed by atoms with van der Waals surface area (Å²) in [6.07, 6.45) is 0.791. The summed E-state index contributed by atoms with van der Waals surface area (Å²) in [5.41, 5.74) is 13.5. The molecule has 176 valence electrons. The van der Waals surface area contributed by atoms with Crippen LogP contribution in [0.25, 0.3) is 22.0 Å². The smallest absolute Gasteiger partial charge is 0.293 e. The molecular formula is C29H32N2O3. The first-order valence-corrected chi connectivity index (χ1v) is 11.5. The highest BCUT2D eigenvalue weighted by atomic mass is 16.5. The van der Waals surface area contributed by atoms with E-state index in [1.165, 1.54) is 5.56 Å². The van der Waals surface area contributed by atoms with Crippen LogP contribution in [0.15, 0.2) is 66.7 Å². The summed E-state index contributed by atoms with van der Waals surface area (Å²) in [5.74, 6) is 0.781. The lowest BCUT2D eigenvalue weighted by atomic mass is 9.86. The van der Waals surface area contributed by atoms with Crippen LogP contribution in [0.1, 0.15) is 37.6 Å². The minimum absolute atomic E-state index is 0.0750. The van der Waals surface area contributed by atoms with Crippen molar-refractivity contribution in [3.63, 3.8) is 0 Å². The summed E-state index contributed by atoms with van der Waals surface area (Å²) in [5, 5.41) is 1.06. The van der Waals surface area contributed by atoms with Crippen molar-refractivity contribution in [2.45, 2.75) is 45.1 Å². The van der Waals surface area contributed by atoms with Crippen LogP contribution < -0.4 is 10.5 Å². The van der Waals surface area contributed by atoms with Gasteiger partial charge in [-0.3, -0.25) is 4.79 Å². The Morgan fingerprint density at radius 3 is 2.44 bits per heavy atom. The average molecular weight is 457 g/mol. The molecule has 0 bridgehead atoms. The number of H-pyrrole nitrogens is 1. The molecule has 0 aliphatic carbocycles. The lowest BCUT2D eigenvalue weighted by Crippen LogP contribution is -2.19. The minimum atomic E-state index is -0.331. The maximum Gasteiger partial charge on any atom is 0.293 e. The number of anilines is 1. The molecule has 0 fully saturated rings. The average Bonchev–Trinajstić information content (AvgIpc) is 3.15. The Labute approximate surface area is 200 Å². The van der Waals surface area contributed by atoms with Crippen LogP contribution in [0.2, 0.25) is 0 Å². The molecule has 0 aliphatic heterocycles. The van der Waals surface area contributed by atoms with Gasteiger partial charge >= 0.3 is 0 Å². The first-order chi connectivity index (χ1) is 16.3. The van der Waals surface area contributed by atoms with Crippen molar-refractivity contribution >= 4 is 23.1 Å². The molecule has 1 heterocycles. The molecule has 0 saturated heterocycles. The molecule has 0 aliphatic rings. The summed E-state index contributed by atoms with van der Waals surface area (Å²) in [4.78, 5) is 14.9. The molecule has 3 aromatic carbocycles. The van der Waals surface area contributed by atoms with E-state index in [1.807, 2.05) is 42.5 Å². The molecule has 0 amide bonds. The Morgan fingerprint density at radius 1 is 1.00 bits per heavy atom. The Morgan fingerprint density at radius 2 is 1.76 bits per heavy atom. The third kappa shape index (κ3) is 5.09. The zero-order valence-corrected chi connectivity index (χ0v) is 20.2. The molecule has 1 aromatic heterocycles. The number of nitrogen functional groups attached to an aromatic ring is 1. The molecule has 34 heavy (non-hydrogen) atoms. The molecule has 0 spiro atoms. The summed E-state index contributed by atoms with van der Waals surface area (Å²) in [7, 11) is 1.64. The lowest BCUT2D eigenvalue weighted by Gasteiger charge is -2.20. The van der Waals surface area contributed by atoms with Gasteiger partial charge in [0.05, 0.1) is 7.11 Å². The summed E-state index contributed by atoms with van der Waals surface area (Å²) >= 11 is 0. The van der Waals surface area contributed by atoms with Gasteiger partial charge in [0.15, 0.2) is 0 Å². The number of ether oxygens (including phenoxy) is 2. The van der Waals surface area contributed by atoms with Gasteiger partial charge in [0.1, 0.15) is 11.9 Å². The largest absolute Gasteiger partial charge is 0.497 e. The topological polar surface area (TPSA) is 77.3 Å². The Hall–Kier alpha value is -3.73. The number of methoxy groups -OCH3 is 1. The maximum absolute atomic E-state index is 11.3. The highest BCUT2D eigenvalue weighted by molar-refractivity contribution is 5.99. The number of nitrogens with one attached hydrogen (secondary N) is 1. The zero-order valence-electron chi connectivity index (χ0n) is 20.2. The number of hydrogen-bond acceptors (Lipinski definition) is 4. The van der Waals surface area contributed by atoms with Crippen LogP contribution in [0.5, 0.6) is 5.75 Å². The summed E-state index contributed by atoms with van der Waals surface area (Å²) in [6.45, 7) is 7.16. The monoisotopic (exact) mass is 456 g/mol. The van der Waals surface area contributed by atoms with E-state index in [2.05, 4.69) is 50.0 Å². The predicted molar refractivity (Wildman–Crippen MR) is 138 cm³/mol. The summed E-state index contributed by atoms with van der Waals surface area (Å²) < 4.78 is 10.9. The number of benzene rings is 3. The van der Waals surface area contributed by atoms with Crippen LogP contribution in [0, 0.1) is 0 Å². The molecule has 3 N–H and O–H groups in total. The Bertz CT molecular complexity index is 1280. The van der Waals surface area contributed by atoms with Crippen LogP contribution in [-0.4, -0.2) is 24.7 Å². The molecule has 4 rings (SSSR count). The van der Waals surface area contributed by atoms with E-state index in [0.29, 0.717) is 25.0 Å². The second-order valence-corrected chi connectivity index (χ2v) is 9.73. The normalized spacial score (nSPS) is 12.5. The van der Waals surface area contributed by atoms with Gasteiger partial charge in [-0.05, 0) is 52.4 Å². The van der Waals surface area contributed by atoms with Gasteiger partial charge in [-0.1, -0.05) is 57.2 Å². The van der Waals surface area contributed by atoms with Gasteiger partial charge < -0.3 is 20.2 Å². The molecule has 0 saturated carbocycles. The van der Waals surface area contributed by atoms with Crippen LogP contribution in [-0.2, 0) is 27.8 Å². The van der Waals surface area contributed by atoms with Crippen LogP contribution in [0.3, 0.4) is 0 Å². The Balaban J connectivity index is 1.74. The minimum Gasteiger partial charge on any atom is -0.497 e. The first kappa shape index (κ1) is 23.4. The van der Waals surface area contributed by atoms with Gasteiger partial charge in [-0.15, -0.1) is 0 Å². The van der Waals surface area contributed by atoms with Crippen LogP contribution in [0.4, 0.5) is 5.69 Å². The molecule has 1 unspecified atom stereocenters. The van der Waals surface area contributed by atoms with E-state index in [9.17, 15) is 4.79 Å². The van der Waals surface area contributed by atoms with Gasteiger partial charge in [0, 0.05) is 40.7 Å². The highest BCUT2D eigenvalue weighted by Crippen LogP contribution is 2.36. The van der Waals surface area contributed by atoms with Crippen molar-refractivity contribution in [3.8, 4) is 16.9 Å². The SMILES string of the molecule is COc1cccc(CC(Cc2[nH]c3ccc(N)cc3c2-c2ccc(C(C)(C)C)cc2)OC=O)c1. The number of carbonyl (C=O) groups excluding carboxylic acids is 1. The number of aromatic nitrogens is 1. The fourth-order valence-corrected chi connectivity index (χ4v) is 4.42.